The minimum atomic E-state index is 0.412. The molecule has 5 heteroatoms. The standard InChI is InChI=1S/C13H17N5/c1-10(11-5-3-2-4-6-11)8-15-12-7-13(18-14)17-9-16-12/h2-7,9-10H,8,14H2,1H3,(H2,15,16,17,18). The first-order valence-corrected chi connectivity index (χ1v) is 5.87. The van der Waals surface area contributed by atoms with Crippen LogP contribution >= 0.6 is 0 Å². The monoisotopic (exact) mass is 243 g/mol. The van der Waals surface area contributed by atoms with Crippen LogP contribution in [0.4, 0.5) is 11.6 Å². The van der Waals surface area contributed by atoms with Crippen LogP contribution in [0.1, 0.15) is 18.4 Å². The predicted molar refractivity (Wildman–Crippen MR) is 73.2 cm³/mol. The predicted octanol–water partition coefficient (Wildman–Crippen LogP) is 1.98. The Bertz CT molecular complexity index is 486. The van der Waals surface area contributed by atoms with E-state index >= 15 is 0 Å². The molecule has 0 saturated heterocycles. The van der Waals surface area contributed by atoms with Gasteiger partial charge in [-0.05, 0) is 11.5 Å². The minimum absolute atomic E-state index is 0.412. The zero-order valence-electron chi connectivity index (χ0n) is 10.3. The van der Waals surface area contributed by atoms with E-state index in [0.717, 1.165) is 12.4 Å². The molecule has 18 heavy (non-hydrogen) atoms. The van der Waals surface area contributed by atoms with Crippen molar-refractivity contribution in [3.63, 3.8) is 0 Å². The highest BCUT2D eigenvalue weighted by Crippen LogP contribution is 2.15. The van der Waals surface area contributed by atoms with E-state index in [1.807, 2.05) is 18.2 Å². The largest absolute Gasteiger partial charge is 0.369 e. The molecule has 1 aromatic carbocycles. The number of benzene rings is 1. The third-order valence-corrected chi connectivity index (χ3v) is 2.77. The van der Waals surface area contributed by atoms with Crippen LogP contribution in [0, 0.1) is 0 Å². The number of nitrogens with two attached hydrogens (primary N) is 1. The summed E-state index contributed by atoms with van der Waals surface area (Å²) in [6.45, 7) is 2.98. The molecule has 1 atom stereocenters. The minimum Gasteiger partial charge on any atom is -0.369 e. The summed E-state index contributed by atoms with van der Waals surface area (Å²) in [5, 5.41) is 3.27. The van der Waals surface area contributed by atoms with E-state index < -0.39 is 0 Å². The molecule has 0 fully saturated rings. The first kappa shape index (κ1) is 12.3. The average molecular weight is 243 g/mol. The number of hydrogen-bond acceptors (Lipinski definition) is 5. The number of anilines is 2. The highest BCUT2D eigenvalue weighted by molar-refractivity contribution is 5.45. The van der Waals surface area contributed by atoms with Crippen LogP contribution in [0.15, 0.2) is 42.7 Å². The fraction of sp³-hybridized carbons (Fsp3) is 0.231. The Labute approximate surface area is 106 Å². The lowest BCUT2D eigenvalue weighted by atomic mass is 10.0. The quantitative estimate of drug-likeness (QED) is 0.553. The topological polar surface area (TPSA) is 75.9 Å². The fourth-order valence-corrected chi connectivity index (χ4v) is 1.69. The van der Waals surface area contributed by atoms with Crippen LogP contribution in [0.2, 0.25) is 0 Å². The Kier molecular flexibility index (Phi) is 4.09. The van der Waals surface area contributed by atoms with Crippen molar-refractivity contribution in [2.24, 2.45) is 5.84 Å². The van der Waals surface area contributed by atoms with E-state index in [-0.39, 0.29) is 0 Å². The van der Waals surface area contributed by atoms with Crippen molar-refractivity contribution in [1.29, 1.82) is 0 Å². The summed E-state index contributed by atoms with van der Waals surface area (Å²) in [5.41, 5.74) is 3.80. The molecule has 0 radical (unpaired) electrons. The van der Waals surface area contributed by atoms with E-state index in [1.165, 1.54) is 11.9 Å². The van der Waals surface area contributed by atoms with E-state index in [2.05, 4.69) is 39.8 Å². The zero-order valence-corrected chi connectivity index (χ0v) is 10.3. The molecule has 1 heterocycles. The van der Waals surface area contributed by atoms with Gasteiger partial charge in [-0.3, -0.25) is 0 Å². The van der Waals surface area contributed by atoms with E-state index in [9.17, 15) is 0 Å². The van der Waals surface area contributed by atoms with E-state index in [4.69, 9.17) is 5.84 Å². The summed E-state index contributed by atoms with van der Waals surface area (Å²) in [5.74, 6) is 7.07. The summed E-state index contributed by atoms with van der Waals surface area (Å²) >= 11 is 0. The molecule has 4 N–H and O–H groups in total. The van der Waals surface area contributed by atoms with Crippen molar-refractivity contribution in [3.05, 3.63) is 48.3 Å². The van der Waals surface area contributed by atoms with Crippen LogP contribution in [-0.4, -0.2) is 16.5 Å². The Hall–Kier alpha value is -2.14. The number of nitrogens with one attached hydrogen (secondary N) is 2. The summed E-state index contributed by atoms with van der Waals surface area (Å²) in [6.07, 6.45) is 1.48. The second kappa shape index (κ2) is 5.97. The smallest absolute Gasteiger partial charge is 0.145 e. The van der Waals surface area contributed by atoms with Crippen molar-refractivity contribution in [3.8, 4) is 0 Å². The van der Waals surface area contributed by atoms with Gasteiger partial charge in [0.1, 0.15) is 18.0 Å². The molecule has 2 rings (SSSR count). The zero-order chi connectivity index (χ0) is 12.8. The highest BCUT2D eigenvalue weighted by atomic mass is 15.3. The first-order chi connectivity index (χ1) is 8.79. The van der Waals surface area contributed by atoms with Gasteiger partial charge in [-0.25, -0.2) is 15.8 Å². The van der Waals surface area contributed by atoms with Gasteiger partial charge in [-0.2, -0.15) is 0 Å². The lowest BCUT2D eigenvalue weighted by Crippen LogP contribution is -2.13. The molecule has 1 aromatic heterocycles. The summed E-state index contributed by atoms with van der Waals surface area (Å²) in [4.78, 5) is 8.09. The van der Waals surface area contributed by atoms with Crippen LogP contribution in [-0.2, 0) is 0 Å². The van der Waals surface area contributed by atoms with Crippen LogP contribution in [0.3, 0.4) is 0 Å². The number of nitrogen functional groups attached to an aromatic ring is 1. The molecule has 0 saturated carbocycles. The lowest BCUT2D eigenvalue weighted by Gasteiger charge is -2.13. The molecule has 0 amide bonds. The number of hydrogen-bond donors (Lipinski definition) is 3. The van der Waals surface area contributed by atoms with Crippen molar-refractivity contribution in [2.75, 3.05) is 17.3 Å². The third kappa shape index (κ3) is 3.18. The van der Waals surface area contributed by atoms with Crippen LogP contribution in [0.5, 0.6) is 0 Å². The van der Waals surface area contributed by atoms with Gasteiger partial charge in [0, 0.05) is 12.6 Å². The fourth-order valence-electron chi connectivity index (χ4n) is 1.69. The molecule has 0 aliphatic rings. The second-order valence-corrected chi connectivity index (χ2v) is 4.13. The van der Waals surface area contributed by atoms with Gasteiger partial charge < -0.3 is 10.7 Å². The molecule has 1 unspecified atom stereocenters. The van der Waals surface area contributed by atoms with Crippen LogP contribution in [0.25, 0.3) is 0 Å². The van der Waals surface area contributed by atoms with Gasteiger partial charge in [0.25, 0.3) is 0 Å². The summed E-state index contributed by atoms with van der Waals surface area (Å²) < 4.78 is 0. The number of hydrazine groups is 1. The average Bonchev–Trinajstić information content (AvgIpc) is 2.46. The molecule has 2 aromatic rings. The molecule has 5 nitrogen and oxygen atoms in total. The van der Waals surface area contributed by atoms with Gasteiger partial charge >= 0.3 is 0 Å². The molecular weight excluding hydrogens is 226 g/mol. The maximum atomic E-state index is 5.30. The van der Waals surface area contributed by atoms with Crippen molar-refractivity contribution < 1.29 is 0 Å². The number of rotatable bonds is 5. The van der Waals surface area contributed by atoms with Gasteiger partial charge in [0.2, 0.25) is 0 Å². The Morgan fingerprint density at radius 3 is 2.61 bits per heavy atom. The van der Waals surface area contributed by atoms with Gasteiger partial charge in [-0.15, -0.1) is 0 Å². The van der Waals surface area contributed by atoms with Gasteiger partial charge in [0.05, 0.1) is 0 Å². The molecule has 94 valence electrons. The van der Waals surface area contributed by atoms with Crippen molar-refractivity contribution in [2.45, 2.75) is 12.8 Å². The Morgan fingerprint density at radius 2 is 1.89 bits per heavy atom. The SMILES string of the molecule is CC(CNc1cc(NN)ncn1)c1ccccc1. The van der Waals surface area contributed by atoms with Gasteiger partial charge in [0.15, 0.2) is 0 Å². The first-order valence-electron chi connectivity index (χ1n) is 5.87. The van der Waals surface area contributed by atoms with Crippen molar-refractivity contribution in [1.82, 2.24) is 9.97 Å². The molecular formula is C13H17N5. The Morgan fingerprint density at radius 1 is 1.17 bits per heavy atom. The van der Waals surface area contributed by atoms with Crippen LogP contribution < -0.4 is 16.6 Å². The van der Waals surface area contributed by atoms with Gasteiger partial charge in [-0.1, -0.05) is 37.3 Å². The molecule has 0 aliphatic heterocycles. The number of nitrogens with zero attached hydrogens (tertiary/aromatic N) is 2. The maximum absolute atomic E-state index is 5.30. The second-order valence-electron chi connectivity index (χ2n) is 4.13. The van der Waals surface area contributed by atoms with Crippen molar-refractivity contribution >= 4 is 11.6 Å². The molecule has 0 spiro atoms. The lowest BCUT2D eigenvalue weighted by molar-refractivity contribution is 0.801. The summed E-state index contributed by atoms with van der Waals surface area (Å²) in [6, 6.07) is 12.1. The number of aromatic nitrogens is 2. The highest BCUT2D eigenvalue weighted by Gasteiger charge is 2.05. The Balaban J connectivity index is 1.95. The summed E-state index contributed by atoms with van der Waals surface area (Å²) in [7, 11) is 0. The molecule has 0 bridgehead atoms. The van der Waals surface area contributed by atoms with E-state index in [0.29, 0.717) is 11.7 Å². The normalized spacial score (nSPS) is 11.9. The molecule has 0 aliphatic carbocycles. The van der Waals surface area contributed by atoms with E-state index in [1.54, 1.807) is 6.07 Å². The maximum Gasteiger partial charge on any atom is 0.145 e. The third-order valence-electron chi connectivity index (χ3n) is 2.77.